The molecule has 2 saturated heterocycles. The van der Waals surface area contributed by atoms with Crippen LogP contribution in [0.5, 0.6) is 0 Å². The van der Waals surface area contributed by atoms with Gasteiger partial charge in [-0.05, 0) is 68.5 Å². The monoisotopic (exact) mass is 413 g/mol. The summed E-state index contributed by atoms with van der Waals surface area (Å²) in [6, 6.07) is 8.31. The first-order valence-electron chi connectivity index (χ1n) is 10.6. The molecular formula is C23H28FN3O3. The normalized spacial score (nSPS) is 19.8. The predicted octanol–water partition coefficient (Wildman–Crippen LogP) is 2.87. The van der Waals surface area contributed by atoms with Gasteiger partial charge in [0.1, 0.15) is 11.4 Å². The van der Waals surface area contributed by atoms with Crippen LogP contribution >= 0.6 is 0 Å². The van der Waals surface area contributed by atoms with Crippen LogP contribution in [-0.2, 0) is 11.3 Å². The van der Waals surface area contributed by atoms with Crippen molar-refractivity contribution in [3.8, 4) is 0 Å². The fraction of sp³-hybridized carbons (Fsp3) is 0.478. The smallest absolute Gasteiger partial charge is 0.263 e. The molecule has 1 amide bonds. The molecule has 0 saturated carbocycles. The van der Waals surface area contributed by atoms with E-state index in [0.717, 1.165) is 51.1 Å². The molecule has 1 aromatic carbocycles. The maximum Gasteiger partial charge on any atom is 0.263 e. The Hall–Kier alpha value is -2.67. The molecule has 6 nitrogen and oxygen atoms in total. The fourth-order valence-corrected chi connectivity index (χ4v) is 4.28. The van der Waals surface area contributed by atoms with Crippen LogP contribution in [0.1, 0.15) is 41.6 Å². The third-order valence-electron chi connectivity index (χ3n) is 6.05. The van der Waals surface area contributed by atoms with E-state index < -0.39 is 0 Å². The van der Waals surface area contributed by atoms with Gasteiger partial charge in [-0.3, -0.25) is 9.59 Å². The van der Waals surface area contributed by atoms with Crippen molar-refractivity contribution in [2.24, 2.45) is 0 Å². The molecule has 2 fully saturated rings. The number of amides is 1. The van der Waals surface area contributed by atoms with E-state index in [4.69, 9.17) is 4.74 Å². The van der Waals surface area contributed by atoms with Gasteiger partial charge < -0.3 is 19.5 Å². The number of benzene rings is 1. The van der Waals surface area contributed by atoms with Crippen molar-refractivity contribution < 1.29 is 13.9 Å². The van der Waals surface area contributed by atoms with Gasteiger partial charge in [0.15, 0.2) is 0 Å². The summed E-state index contributed by atoms with van der Waals surface area (Å²) in [4.78, 5) is 28.0. The SMILES string of the molecule is Cc1ccn(CC2CCCO2)c(=O)c1C(=O)NC1CCN(c2ccc(F)cc2)CC1. The van der Waals surface area contributed by atoms with Crippen LogP contribution in [0, 0.1) is 12.7 Å². The lowest BCUT2D eigenvalue weighted by molar-refractivity contribution is 0.0914. The van der Waals surface area contributed by atoms with Gasteiger partial charge in [0.25, 0.3) is 11.5 Å². The van der Waals surface area contributed by atoms with Crippen molar-refractivity contribution >= 4 is 11.6 Å². The number of rotatable bonds is 5. The summed E-state index contributed by atoms with van der Waals surface area (Å²) in [6.07, 6.45) is 5.29. The lowest BCUT2D eigenvalue weighted by Crippen LogP contribution is -2.46. The van der Waals surface area contributed by atoms with Gasteiger partial charge in [-0.15, -0.1) is 0 Å². The largest absolute Gasteiger partial charge is 0.376 e. The highest BCUT2D eigenvalue weighted by Gasteiger charge is 2.24. The van der Waals surface area contributed by atoms with Crippen LogP contribution < -0.4 is 15.8 Å². The molecule has 0 bridgehead atoms. The highest BCUT2D eigenvalue weighted by Crippen LogP contribution is 2.20. The van der Waals surface area contributed by atoms with Crippen molar-refractivity contribution in [1.29, 1.82) is 0 Å². The molecule has 1 aromatic heterocycles. The highest BCUT2D eigenvalue weighted by molar-refractivity contribution is 5.95. The maximum atomic E-state index is 13.1. The van der Waals surface area contributed by atoms with E-state index in [1.807, 2.05) is 6.07 Å². The van der Waals surface area contributed by atoms with E-state index in [-0.39, 0.29) is 35.0 Å². The zero-order valence-corrected chi connectivity index (χ0v) is 17.3. The van der Waals surface area contributed by atoms with E-state index >= 15 is 0 Å². The van der Waals surface area contributed by atoms with Crippen LogP contribution in [0.4, 0.5) is 10.1 Å². The van der Waals surface area contributed by atoms with Gasteiger partial charge >= 0.3 is 0 Å². The van der Waals surface area contributed by atoms with Gasteiger partial charge in [0.2, 0.25) is 0 Å². The van der Waals surface area contributed by atoms with E-state index in [1.54, 1.807) is 29.8 Å². The number of nitrogens with one attached hydrogen (secondary N) is 1. The molecule has 3 heterocycles. The number of hydrogen-bond acceptors (Lipinski definition) is 4. The van der Waals surface area contributed by atoms with Gasteiger partial charge in [-0.25, -0.2) is 4.39 Å². The molecule has 1 atom stereocenters. The van der Waals surface area contributed by atoms with Gasteiger partial charge in [-0.1, -0.05) is 0 Å². The first-order chi connectivity index (χ1) is 14.5. The fourth-order valence-electron chi connectivity index (χ4n) is 4.28. The lowest BCUT2D eigenvalue weighted by Gasteiger charge is -2.34. The summed E-state index contributed by atoms with van der Waals surface area (Å²) in [5.41, 5.74) is 1.63. The number of pyridine rings is 1. The second-order valence-corrected chi connectivity index (χ2v) is 8.18. The van der Waals surface area contributed by atoms with Crippen LogP contribution in [0.3, 0.4) is 0 Å². The number of piperidine rings is 1. The third-order valence-corrected chi connectivity index (χ3v) is 6.05. The molecule has 0 radical (unpaired) electrons. The number of carbonyl (C=O) groups is 1. The molecule has 0 spiro atoms. The Morgan fingerprint density at radius 2 is 1.90 bits per heavy atom. The van der Waals surface area contributed by atoms with Crippen LogP contribution in [0.25, 0.3) is 0 Å². The van der Waals surface area contributed by atoms with Crippen LogP contribution in [0.2, 0.25) is 0 Å². The Labute approximate surface area is 175 Å². The highest BCUT2D eigenvalue weighted by atomic mass is 19.1. The molecule has 2 aliphatic heterocycles. The van der Waals surface area contributed by atoms with E-state index in [1.165, 1.54) is 12.1 Å². The minimum absolute atomic E-state index is 0.0137. The average Bonchev–Trinajstić information content (AvgIpc) is 3.25. The Morgan fingerprint density at radius 3 is 2.57 bits per heavy atom. The molecule has 160 valence electrons. The van der Waals surface area contributed by atoms with Gasteiger partial charge in [0.05, 0.1) is 12.6 Å². The van der Waals surface area contributed by atoms with E-state index in [0.29, 0.717) is 12.1 Å². The summed E-state index contributed by atoms with van der Waals surface area (Å²) < 4.78 is 20.4. The van der Waals surface area contributed by atoms with Gasteiger partial charge in [0, 0.05) is 37.6 Å². The Kier molecular flexibility index (Phi) is 6.18. The van der Waals surface area contributed by atoms with Crippen molar-refractivity contribution in [3.63, 3.8) is 0 Å². The van der Waals surface area contributed by atoms with Crippen molar-refractivity contribution in [3.05, 3.63) is 63.8 Å². The molecule has 2 aliphatic rings. The van der Waals surface area contributed by atoms with E-state index in [2.05, 4.69) is 10.2 Å². The first kappa shape index (κ1) is 20.6. The molecule has 4 rings (SSSR count). The average molecular weight is 413 g/mol. The number of carbonyl (C=O) groups excluding carboxylic acids is 1. The third kappa shape index (κ3) is 4.56. The summed E-state index contributed by atoms with van der Waals surface area (Å²) in [5.74, 6) is -0.552. The molecule has 2 aromatic rings. The van der Waals surface area contributed by atoms with Crippen molar-refractivity contribution in [2.45, 2.75) is 51.3 Å². The van der Waals surface area contributed by atoms with Crippen LogP contribution in [0.15, 0.2) is 41.3 Å². The number of aromatic nitrogens is 1. The lowest BCUT2D eigenvalue weighted by atomic mass is 10.0. The number of halogens is 1. The molecule has 0 aliphatic carbocycles. The zero-order valence-electron chi connectivity index (χ0n) is 17.3. The number of anilines is 1. The number of ether oxygens (including phenoxy) is 1. The predicted molar refractivity (Wildman–Crippen MR) is 114 cm³/mol. The number of aryl methyl sites for hydroxylation is 1. The Balaban J connectivity index is 1.39. The molecule has 1 unspecified atom stereocenters. The zero-order chi connectivity index (χ0) is 21.1. The Morgan fingerprint density at radius 1 is 1.17 bits per heavy atom. The molecule has 30 heavy (non-hydrogen) atoms. The van der Waals surface area contributed by atoms with Gasteiger partial charge in [-0.2, -0.15) is 0 Å². The standard InChI is InChI=1S/C23H28FN3O3/c1-16-8-11-27(15-20-3-2-14-30-20)23(29)21(16)22(28)25-18-9-12-26(13-10-18)19-6-4-17(24)5-7-19/h4-8,11,18,20H,2-3,9-10,12-15H2,1H3,(H,25,28). The van der Waals surface area contributed by atoms with E-state index in [9.17, 15) is 14.0 Å². The van der Waals surface area contributed by atoms with Crippen molar-refractivity contribution in [2.75, 3.05) is 24.6 Å². The molecule has 1 N–H and O–H groups in total. The second kappa shape index (κ2) is 9.00. The second-order valence-electron chi connectivity index (χ2n) is 8.18. The molecular weight excluding hydrogens is 385 g/mol. The maximum absolute atomic E-state index is 13.1. The first-order valence-corrected chi connectivity index (χ1v) is 10.6. The summed E-state index contributed by atoms with van der Waals surface area (Å²) in [5, 5.41) is 3.05. The number of nitrogens with zero attached hydrogens (tertiary/aromatic N) is 2. The number of hydrogen-bond donors (Lipinski definition) is 1. The van der Waals surface area contributed by atoms with Crippen LogP contribution in [-0.4, -0.2) is 42.3 Å². The molecule has 7 heteroatoms. The minimum Gasteiger partial charge on any atom is -0.376 e. The summed E-state index contributed by atoms with van der Waals surface area (Å²) >= 11 is 0. The Bertz CT molecular complexity index is 943. The minimum atomic E-state index is -0.306. The van der Waals surface area contributed by atoms with Crippen molar-refractivity contribution in [1.82, 2.24) is 9.88 Å². The summed E-state index contributed by atoms with van der Waals surface area (Å²) in [6.45, 7) is 4.55. The topological polar surface area (TPSA) is 63.6 Å². The summed E-state index contributed by atoms with van der Waals surface area (Å²) in [7, 11) is 0. The quantitative estimate of drug-likeness (QED) is 0.819.